The minimum absolute atomic E-state index is 0.102. The van der Waals surface area contributed by atoms with Crippen LogP contribution in [0.5, 0.6) is 0 Å². The van der Waals surface area contributed by atoms with Crippen molar-refractivity contribution in [2.24, 2.45) is 0 Å². The number of rotatable bonds is 6. The summed E-state index contributed by atoms with van der Waals surface area (Å²) in [6.07, 6.45) is 2.33. The fraction of sp³-hybridized carbons (Fsp3) is 0.222. The Bertz CT molecular complexity index is 1050. The van der Waals surface area contributed by atoms with Crippen molar-refractivity contribution in [3.63, 3.8) is 0 Å². The molecule has 1 aliphatic rings. The van der Waals surface area contributed by atoms with Crippen LogP contribution in [0.4, 0.5) is 0 Å². The first-order valence-corrected chi connectivity index (χ1v) is 10.4. The van der Waals surface area contributed by atoms with Gasteiger partial charge < -0.3 is 10.1 Å². The van der Waals surface area contributed by atoms with Crippen molar-refractivity contribution in [2.75, 3.05) is 6.61 Å². The summed E-state index contributed by atoms with van der Waals surface area (Å²) in [7, 11) is 0. The molecule has 1 N–H and O–H groups in total. The molecule has 150 valence electrons. The zero-order valence-electron chi connectivity index (χ0n) is 17.2. The van der Waals surface area contributed by atoms with E-state index in [-0.39, 0.29) is 11.5 Å². The van der Waals surface area contributed by atoms with Gasteiger partial charge in [-0.1, -0.05) is 54.3 Å². The van der Waals surface area contributed by atoms with Gasteiger partial charge in [0.1, 0.15) is 0 Å². The molecule has 3 heteroatoms. The second-order valence-corrected chi connectivity index (χ2v) is 7.55. The summed E-state index contributed by atoms with van der Waals surface area (Å²) in [4.78, 5) is 11.7. The molecule has 1 saturated carbocycles. The molecule has 1 fully saturated rings. The number of carbonyl (C=O) groups is 1. The van der Waals surface area contributed by atoms with Crippen molar-refractivity contribution in [1.29, 1.82) is 0 Å². The van der Waals surface area contributed by atoms with E-state index in [2.05, 4.69) is 65.7 Å². The summed E-state index contributed by atoms with van der Waals surface area (Å²) in [5.74, 6) is 6.06. The Balaban J connectivity index is 1.39. The first-order valence-electron chi connectivity index (χ1n) is 10.4. The van der Waals surface area contributed by atoms with E-state index < -0.39 is 0 Å². The number of benzene rings is 3. The summed E-state index contributed by atoms with van der Waals surface area (Å²) in [5, 5.41) is 3.73. The standard InChI is InChI=1S/C27H25NO2/c1-2-30-26(29)24-14-10-21(11-15-24)8-9-22-12-16-25(17-13-22)27(18-19-27)28-20-23-6-4-3-5-7-23/h3-7,10-17,28H,2,18-20H2,1H3. The molecule has 0 aliphatic heterocycles. The van der Waals surface area contributed by atoms with Crippen LogP contribution in [-0.4, -0.2) is 12.6 Å². The second-order valence-electron chi connectivity index (χ2n) is 7.55. The van der Waals surface area contributed by atoms with Crippen molar-refractivity contribution in [2.45, 2.75) is 31.8 Å². The summed E-state index contributed by atoms with van der Waals surface area (Å²) in [6, 6.07) is 26.2. The van der Waals surface area contributed by atoms with Gasteiger partial charge >= 0.3 is 5.97 Å². The van der Waals surface area contributed by atoms with Crippen molar-refractivity contribution < 1.29 is 9.53 Å². The highest BCUT2D eigenvalue weighted by Crippen LogP contribution is 2.45. The average Bonchev–Trinajstić information content (AvgIpc) is 3.59. The Morgan fingerprint density at radius 2 is 1.50 bits per heavy atom. The lowest BCUT2D eigenvalue weighted by atomic mass is 10.0. The van der Waals surface area contributed by atoms with E-state index in [4.69, 9.17) is 4.74 Å². The maximum absolute atomic E-state index is 11.7. The van der Waals surface area contributed by atoms with E-state index >= 15 is 0 Å². The lowest BCUT2D eigenvalue weighted by Crippen LogP contribution is -2.28. The highest BCUT2D eigenvalue weighted by molar-refractivity contribution is 5.89. The Morgan fingerprint density at radius 1 is 0.900 bits per heavy atom. The molecule has 0 amide bonds. The smallest absolute Gasteiger partial charge is 0.338 e. The zero-order valence-corrected chi connectivity index (χ0v) is 17.2. The maximum atomic E-state index is 11.7. The third-order valence-electron chi connectivity index (χ3n) is 5.41. The zero-order chi connectivity index (χ0) is 20.8. The highest BCUT2D eigenvalue weighted by atomic mass is 16.5. The molecule has 0 unspecified atom stereocenters. The number of esters is 1. The lowest BCUT2D eigenvalue weighted by Gasteiger charge is -2.18. The SMILES string of the molecule is CCOC(=O)c1ccc(C#Cc2ccc(C3(NCc4ccccc4)CC3)cc2)cc1. The number of hydrogen-bond donors (Lipinski definition) is 1. The van der Waals surface area contributed by atoms with Crippen LogP contribution >= 0.6 is 0 Å². The lowest BCUT2D eigenvalue weighted by molar-refractivity contribution is 0.0526. The van der Waals surface area contributed by atoms with E-state index in [1.807, 2.05) is 18.2 Å². The van der Waals surface area contributed by atoms with E-state index in [1.54, 1.807) is 19.1 Å². The number of ether oxygens (including phenoxy) is 1. The fourth-order valence-corrected chi connectivity index (χ4v) is 3.48. The van der Waals surface area contributed by atoms with E-state index in [0.29, 0.717) is 12.2 Å². The maximum Gasteiger partial charge on any atom is 0.338 e. The summed E-state index contributed by atoms with van der Waals surface area (Å²) in [6.45, 7) is 3.05. The number of carbonyl (C=O) groups excluding carboxylic acids is 1. The Hall–Kier alpha value is -3.35. The molecule has 1 aliphatic carbocycles. The predicted octanol–water partition coefficient (Wildman–Crippen LogP) is 5.04. The number of nitrogens with one attached hydrogen (secondary N) is 1. The first-order chi connectivity index (χ1) is 14.7. The van der Waals surface area contributed by atoms with E-state index in [0.717, 1.165) is 30.5 Å². The van der Waals surface area contributed by atoms with Crippen molar-refractivity contribution in [3.8, 4) is 11.8 Å². The summed E-state index contributed by atoms with van der Waals surface area (Å²) >= 11 is 0. The molecule has 3 aromatic rings. The summed E-state index contributed by atoms with van der Waals surface area (Å²) in [5.41, 5.74) is 5.12. The van der Waals surface area contributed by atoms with Crippen molar-refractivity contribution >= 4 is 5.97 Å². The van der Waals surface area contributed by atoms with Gasteiger partial charge in [-0.3, -0.25) is 0 Å². The van der Waals surface area contributed by atoms with Gasteiger partial charge in [-0.2, -0.15) is 0 Å². The third-order valence-corrected chi connectivity index (χ3v) is 5.41. The highest BCUT2D eigenvalue weighted by Gasteiger charge is 2.43. The van der Waals surface area contributed by atoms with Crippen molar-refractivity contribution in [3.05, 3.63) is 107 Å². The second kappa shape index (κ2) is 8.98. The van der Waals surface area contributed by atoms with Gasteiger partial charge in [0.2, 0.25) is 0 Å². The molecule has 0 atom stereocenters. The molecule has 3 nitrogen and oxygen atoms in total. The molecule has 4 rings (SSSR count). The molecule has 0 radical (unpaired) electrons. The molecule has 0 spiro atoms. The van der Waals surface area contributed by atoms with Gasteiger partial charge in [-0.05, 0) is 67.3 Å². The minimum atomic E-state index is -0.303. The monoisotopic (exact) mass is 395 g/mol. The van der Waals surface area contributed by atoms with Gasteiger partial charge in [0.05, 0.1) is 12.2 Å². The Labute approximate surface area is 178 Å². The van der Waals surface area contributed by atoms with Gasteiger partial charge in [0, 0.05) is 23.2 Å². The summed E-state index contributed by atoms with van der Waals surface area (Å²) < 4.78 is 5.00. The Morgan fingerprint density at radius 3 is 2.07 bits per heavy atom. The third kappa shape index (κ3) is 4.79. The van der Waals surface area contributed by atoms with E-state index in [1.165, 1.54) is 11.1 Å². The van der Waals surface area contributed by atoms with Crippen LogP contribution in [0.1, 0.15) is 52.4 Å². The predicted molar refractivity (Wildman–Crippen MR) is 119 cm³/mol. The van der Waals surface area contributed by atoms with Crippen LogP contribution in [-0.2, 0) is 16.8 Å². The molecule has 0 saturated heterocycles. The van der Waals surface area contributed by atoms with Crippen LogP contribution in [0.3, 0.4) is 0 Å². The fourth-order valence-electron chi connectivity index (χ4n) is 3.48. The molecule has 30 heavy (non-hydrogen) atoms. The Kier molecular flexibility index (Phi) is 5.97. The first kappa shape index (κ1) is 19.9. The topological polar surface area (TPSA) is 38.3 Å². The minimum Gasteiger partial charge on any atom is -0.462 e. The van der Waals surface area contributed by atoms with Gasteiger partial charge in [-0.25, -0.2) is 4.79 Å². The number of hydrogen-bond acceptors (Lipinski definition) is 3. The van der Waals surface area contributed by atoms with Crippen molar-refractivity contribution in [1.82, 2.24) is 5.32 Å². The molecule has 0 aromatic heterocycles. The average molecular weight is 396 g/mol. The van der Waals surface area contributed by atoms with Crippen LogP contribution in [0, 0.1) is 11.8 Å². The van der Waals surface area contributed by atoms with Crippen LogP contribution in [0.15, 0.2) is 78.9 Å². The van der Waals surface area contributed by atoms with Crippen LogP contribution in [0.25, 0.3) is 0 Å². The quantitative estimate of drug-likeness (QED) is 0.469. The molecule has 0 bridgehead atoms. The molecule has 0 heterocycles. The van der Waals surface area contributed by atoms with Crippen LogP contribution in [0.2, 0.25) is 0 Å². The van der Waals surface area contributed by atoms with E-state index in [9.17, 15) is 4.79 Å². The van der Waals surface area contributed by atoms with Gasteiger partial charge in [-0.15, -0.1) is 0 Å². The van der Waals surface area contributed by atoms with Gasteiger partial charge in [0.25, 0.3) is 0 Å². The molecular weight excluding hydrogens is 370 g/mol. The largest absolute Gasteiger partial charge is 0.462 e. The molecule has 3 aromatic carbocycles. The van der Waals surface area contributed by atoms with Crippen LogP contribution < -0.4 is 5.32 Å². The normalized spacial score (nSPS) is 13.8. The molecular formula is C27H25NO2. The van der Waals surface area contributed by atoms with Gasteiger partial charge in [0.15, 0.2) is 0 Å².